The van der Waals surface area contributed by atoms with Crippen LogP contribution >= 0.6 is 0 Å². The van der Waals surface area contributed by atoms with E-state index in [9.17, 15) is 9.59 Å². The van der Waals surface area contributed by atoms with E-state index in [0.29, 0.717) is 13.0 Å². The van der Waals surface area contributed by atoms with Crippen molar-refractivity contribution in [2.75, 3.05) is 11.9 Å². The lowest BCUT2D eigenvalue weighted by molar-refractivity contribution is -0.137. The fraction of sp³-hybridized carbons (Fsp3) is 0.333. The van der Waals surface area contributed by atoms with E-state index in [-0.39, 0.29) is 23.7 Å². The molecular weight excluding hydrogens is 330 g/mol. The summed E-state index contributed by atoms with van der Waals surface area (Å²) in [5.74, 6) is 0.106. The quantitative estimate of drug-likeness (QED) is 0.866. The number of aryl methyl sites for hydroxylation is 1. The van der Waals surface area contributed by atoms with Gasteiger partial charge in [0, 0.05) is 29.0 Å². The van der Waals surface area contributed by atoms with Crippen molar-refractivity contribution in [2.45, 2.75) is 31.1 Å². The molecule has 0 aromatic heterocycles. The molecule has 2 aromatic rings. The molecule has 1 amide bonds. The van der Waals surface area contributed by atoms with Crippen molar-refractivity contribution < 1.29 is 19.4 Å². The number of carbonyl (C=O) groups excluding carboxylic acids is 1. The summed E-state index contributed by atoms with van der Waals surface area (Å²) < 4.78 is 5.72. The summed E-state index contributed by atoms with van der Waals surface area (Å²) in [7, 11) is 0. The molecule has 0 unspecified atom stereocenters. The Hall–Kier alpha value is -2.82. The minimum Gasteiger partial charge on any atom is -0.493 e. The topological polar surface area (TPSA) is 75.6 Å². The van der Waals surface area contributed by atoms with E-state index in [0.717, 1.165) is 35.4 Å². The fourth-order valence-electron chi connectivity index (χ4n) is 3.94. The van der Waals surface area contributed by atoms with Gasteiger partial charge in [-0.05, 0) is 43.0 Å². The van der Waals surface area contributed by atoms with Crippen LogP contribution in [0.3, 0.4) is 0 Å². The van der Waals surface area contributed by atoms with Crippen LogP contribution in [-0.4, -0.2) is 23.6 Å². The molecule has 1 aliphatic heterocycles. The van der Waals surface area contributed by atoms with Gasteiger partial charge in [-0.3, -0.25) is 9.59 Å². The molecule has 1 saturated carbocycles. The molecule has 1 heterocycles. The summed E-state index contributed by atoms with van der Waals surface area (Å²) in [6, 6.07) is 15.4. The van der Waals surface area contributed by atoms with E-state index in [1.54, 1.807) is 0 Å². The van der Waals surface area contributed by atoms with Crippen LogP contribution in [0, 0.1) is 5.92 Å². The first-order valence-corrected chi connectivity index (χ1v) is 8.92. The zero-order valence-corrected chi connectivity index (χ0v) is 14.4. The normalized spacial score (nSPS) is 23.0. The fourth-order valence-corrected chi connectivity index (χ4v) is 3.94. The number of carbonyl (C=O) groups is 2. The van der Waals surface area contributed by atoms with Crippen molar-refractivity contribution >= 4 is 17.6 Å². The molecule has 1 aliphatic carbocycles. The van der Waals surface area contributed by atoms with E-state index >= 15 is 0 Å². The van der Waals surface area contributed by atoms with Crippen LogP contribution in [-0.2, 0) is 21.4 Å². The predicted octanol–water partition coefficient (Wildman–Crippen LogP) is 3.38. The number of carboxylic acids is 1. The maximum Gasteiger partial charge on any atom is 0.303 e. The minimum absolute atomic E-state index is 0.0285. The molecule has 2 aliphatic rings. The van der Waals surface area contributed by atoms with Gasteiger partial charge in [0.05, 0.1) is 6.61 Å². The third-order valence-electron chi connectivity index (χ3n) is 5.47. The van der Waals surface area contributed by atoms with Gasteiger partial charge in [0.15, 0.2) is 0 Å². The second-order valence-electron chi connectivity index (χ2n) is 7.09. The van der Waals surface area contributed by atoms with Crippen molar-refractivity contribution in [2.24, 2.45) is 5.92 Å². The number of hydrogen-bond donors (Lipinski definition) is 2. The molecule has 0 radical (unpaired) electrons. The molecule has 2 N–H and O–H groups in total. The van der Waals surface area contributed by atoms with E-state index in [4.69, 9.17) is 9.84 Å². The van der Waals surface area contributed by atoms with Crippen LogP contribution in [0.4, 0.5) is 5.69 Å². The molecule has 0 bridgehead atoms. The highest BCUT2D eigenvalue weighted by atomic mass is 16.5. The van der Waals surface area contributed by atoms with Crippen LogP contribution in [0.15, 0.2) is 48.5 Å². The maximum atomic E-state index is 12.7. The summed E-state index contributed by atoms with van der Waals surface area (Å²) in [5, 5.41) is 11.7. The molecule has 5 heteroatoms. The first-order valence-electron chi connectivity index (χ1n) is 8.92. The van der Waals surface area contributed by atoms with Gasteiger partial charge >= 0.3 is 5.97 Å². The first-order chi connectivity index (χ1) is 12.6. The number of fused-ring (bicyclic) bond motifs is 2. The lowest BCUT2D eigenvalue weighted by atomic mass is 9.87. The number of benzene rings is 2. The van der Waals surface area contributed by atoms with Crippen molar-refractivity contribution in [1.82, 2.24) is 0 Å². The molecular formula is C21H21NO4. The molecule has 2 atom stereocenters. The molecule has 134 valence electrons. The van der Waals surface area contributed by atoms with Crippen molar-refractivity contribution in [3.05, 3.63) is 59.7 Å². The first kappa shape index (κ1) is 16.6. The van der Waals surface area contributed by atoms with Gasteiger partial charge in [0.2, 0.25) is 5.91 Å². The molecule has 2 aromatic carbocycles. The highest BCUT2D eigenvalue weighted by Crippen LogP contribution is 2.60. The van der Waals surface area contributed by atoms with Gasteiger partial charge in [-0.1, -0.05) is 30.3 Å². The number of para-hydroxylation sites is 1. The van der Waals surface area contributed by atoms with E-state index in [1.807, 2.05) is 42.5 Å². The van der Waals surface area contributed by atoms with Gasteiger partial charge in [0.1, 0.15) is 5.75 Å². The van der Waals surface area contributed by atoms with Crippen LogP contribution in [0.25, 0.3) is 0 Å². The molecule has 0 saturated heterocycles. The number of amides is 1. The van der Waals surface area contributed by atoms with E-state index in [2.05, 4.69) is 11.4 Å². The molecule has 1 spiro atoms. The maximum absolute atomic E-state index is 12.7. The number of carboxylic acid groups (broad SMARTS) is 1. The standard InChI is InChI=1S/C21H21NO4/c23-19(24)10-7-14-5-8-15(9-6-14)22-20(25)17-13-21(17)11-12-26-18-4-2-1-3-16(18)21/h1-6,8-9,17H,7,10-13H2,(H,22,25)(H,23,24)/t17-,21-/m0/s1. The Morgan fingerprint density at radius 2 is 1.92 bits per heavy atom. The number of anilines is 1. The monoisotopic (exact) mass is 351 g/mol. The zero-order valence-electron chi connectivity index (χ0n) is 14.4. The second kappa shape index (κ2) is 6.48. The Kier molecular flexibility index (Phi) is 4.15. The molecule has 1 fully saturated rings. The largest absolute Gasteiger partial charge is 0.493 e. The SMILES string of the molecule is O=C(O)CCc1ccc(NC(=O)[C@@H]2C[C@]23CCOc2ccccc23)cc1. The number of nitrogens with one attached hydrogen (secondary N) is 1. The summed E-state index contributed by atoms with van der Waals surface area (Å²) in [5.41, 5.74) is 2.76. The summed E-state index contributed by atoms with van der Waals surface area (Å²) in [4.78, 5) is 23.4. The summed E-state index contributed by atoms with van der Waals surface area (Å²) in [6.07, 6.45) is 2.33. The Balaban J connectivity index is 1.42. The summed E-state index contributed by atoms with van der Waals surface area (Å²) >= 11 is 0. The average Bonchev–Trinajstić information content (AvgIpc) is 3.36. The Labute approximate surface area is 152 Å². The lowest BCUT2D eigenvalue weighted by Gasteiger charge is -2.26. The van der Waals surface area contributed by atoms with Crippen molar-refractivity contribution in [3.8, 4) is 5.75 Å². The van der Waals surface area contributed by atoms with Crippen LogP contribution in [0.2, 0.25) is 0 Å². The van der Waals surface area contributed by atoms with Gasteiger partial charge in [-0.2, -0.15) is 0 Å². The van der Waals surface area contributed by atoms with E-state index < -0.39 is 5.97 Å². The van der Waals surface area contributed by atoms with Crippen LogP contribution in [0.5, 0.6) is 5.75 Å². The zero-order chi connectivity index (χ0) is 18.1. The highest BCUT2D eigenvalue weighted by molar-refractivity contribution is 5.96. The molecule has 5 nitrogen and oxygen atoms in total. The third kappa shape index (κ3) is 3.05. The van der Waals surface area contributed by atoms with Crippen LogP contribution in [0.1, 0.15) is 30.4 Å². The minimum atomic E-state index is -0.807. The Bertz CT molecular complexity index is 845. The smallest absolute Gasteiger partial charge is 0.303 e. The number of rotatable bonds is 5. The Morgan fingerprint density at radius 1 is 1.15 bits per heavy atom. The predicted molar refractivity (Wildman–Crippen MR) is 97.4 cm³/mol. The highest BCUT2D eigenvalue weighted by Gasteiger charge is 2.60. The van der Waals surface area contributed by atoms with Crippen molar-refractivity contribution in [1.29, 1.82) is 0 Å². The molecule has 26 heavy (non-hydrogen) atoms. The van der Waals surface area contributed by atoms with Gasteiger partial charge in [-0.25, -0.2) is 0 Å². The van der Waals surface area contributed by atoms with Crippen molar-refractivity contribution in [3.63, 3.8) is 0 Å². The lowest BCUT2D eigenvalue weighted by Crippen LogP contribution is -2.26. The molecule has 4 rings (SSSR count). The van der Waals surface area contributed by atoms with E-state index in [1.165, 1.54) is 0 Å². The number of hydrogen-bond acceptors (Lipinski definition) is 3. The van der Waals surface area contributed by atoms with Gasteiger partial charge in [0.25, 0.3) is 0 Å². The van der Waals surface area contributed by atoms with Gasteiger partial charge in [-0.15, -0.1) is 0 Å². The second-order valence-corrected chi connectivity index (χ2v) is 7.09. The summed E-state index contributed by atoms with van der Waals surface area (Å²) in [6.45, 7) is 0.652. The Morgan fingerprint density at radius 3 is 2.69 bits per heavy atom. The number of aliphatic carboxylic acids is 1. The third-order valence-corrected chi connectivity index (χ3v) is 5.47. The van der Waals surface area contributed by atoms with Crippen LogP contribution < -0.4 is 10.1 Å². The number of ether oxygens (including phenoxy) is 1. The average molecular weight is 351 g/mol. The van der Waals surface area contributed by atoms with Gasteiger partial charge < -0.3 is 15.2 Å².